The van der Waals surface area contributed by atoms with E-state index in [0.29, 0.717) is 38.3 Å². The van der Waals surface area contributed by atoms with Crippen molar-refractivity contribution in [2.75, 3.05) is 26.2 Å². The number of thiazole rings is 1. The van der Waals surface area contributed by atoms with Crippen molar-refractivity contribution >= 4 is 29.1 Å². The average Bonchev–Trinajstić information content (AvgIpc) is 3.34. The fourth-order valence-electron chi connectivity index (χ4n) is 4.19. The monoisotopic (exact) mass is 476 g/mol. The fourth-order valence-corrected chi connectivity index (χ4v) is 4.99. The van der Waals surface area contributed by atoms with Crippen LogP contribution in [0.1, 0.15) is 41.9 Å². The van der Waals surface area contributed by atoms with Gasteiger partial charge >= 0.3 is 0 Å². The van der Waals surface area contributed by atoms with Gasteiger partial charge in [0.15, 0.2) is 0 Å². The minimum atomic E-state index is -0.340. The van der Waals surface area contributed by atoms with E-state index in [-0.39, 0.29) is 30.2 Å². The summed E-state index contributed by atoms with van der Waals surface area (Å²) in [5, 5.41) is 5.49. The lowest BCUT2D eigenvalue weighted by molar-refractivity contribution is -0.132. The highest BCUT2D eigenvalue weighted by atomic mass is 32.1. The highest BCUT2D eigenvalue weighted by molar-refractivity contribution is 7.13. The molecular weight excluding hydrogens is 448 g/mol. The van der Waals surface area contributed by atoms with Crippen LogP contribution in [0.25, 0.3) is 10.6 Å². The number of aromatic nitrogens is 1. The minimum absolute atomic E-state index is 0.0919. The first-order valence-electron chi connectivity index (χ1n) is 11.4. The number of rotatable bonds is 3. The summed E-state index contributed by atoms with van der Waals surface area (Å²) >= 11 is 1.44. The molecule has 2 heterocycles. The van der Waals surface area contributed by atoms with E-state index in [1.165, 1.54) is 18.3 Å². The number of carbonyl (C=O) groups excluding carboxylic acids is 3. The molecule has 1 aliphatic rings. The molecule has 1 saturated heterocycles. The first-order valence-corrected chi connectivity index (χ1v) is 12.3. The third kappa shape index (κ3) is 5.69. The minimum Gasteiger partial charge on any atom is -0.354 e. The molecule has 1 atom stereocenters. The molecule has 8 heteroatoms. The number of benzene rings is 2. The van der Waals surface area contributed by atoms with Crippen LogP contribution in [0.3, 0.4) is 0 Å². The second kappa shape index (κ2) is 11.1. The molecule has 7 nitrogen and oxygen atoms in total. The molecule has 1 unspecified atom stereocenters. The van der Waals surface area contributed by atoms with Crippen molar-refractivity contribution in [2.45, 2.75) is 25.8 Å². The van der Waals surface area contributed by atoms with E-state index in [4.69, 9.17) is 0 Å². The summed E-state index contributed by atoms with van der Waals surface area (Å²) in [7, 11) is 0. The maximum Gasteiger partial charge on any atom is 0.273 e. The number of nitrogens with zero attached hydrogens (tertiary/aromatic N) is 3. The molecule has 0 bridgehead atoms. The van der Waals surface area contributed by atoms with Crippen molar-refractivity contribution in [3.63, 3.8) is 0 Å². The van der Waals surface area contributed by atoms with Gasteiger partial charge in [0, 0.05) is 44.0 Å². The van der Waals surface area contributed by atoms with E-state index < -0.39 is 0 Å². The summed E-state index contributed by atoms with van der Waals surface area (Å²) in [5.74, 6) is -0.402. The van der Waals surface area contributed by atoms with Crippen LogP contribution in [0.5, 0.6) is 0 Å². The summed E-state index contributed by atoms with van der Waals surface area (Å²) in [6, 6.07) is 19.0. The van der Waals surface area contributed by atoms with Gasteiger partial charge in [-0.3, -0.25) is 14.4 Å². The van der Waals surface area contributed by atoms with Crippen molar-refractivity contribution in [1.82, 2.24) is 20.1 Å². The molecule has 2 aromatic carbocycles. The van der Waals surface area contributed by atoms with Gasteiger partial charge in [0.25, 0.3) is 5.91 Å². The van der Waals surface area contributed by atoms with Gasteiger partial charge in [-0.1, -0.05) is 60.7 Å². The predicted octanol–water partition coefficient (Wildman–Crippen LogP) is 3.75. The largest absolute Gasteiger partial charge is 0.354 e. The van der Waals surface area contributed by atoms with E-state index >= 15 is 0 Å². The van der Waals surface area contributed by atoms with Crippen LogP contribution in [0.4, 0.5) is 0 Å². The molecule has 1 fully saturated rings. The van der Waals surface area contributed by atoms with Crippen LogP contribution >= 0.6 is 11.3 Å². The van der Waals surface area contributed by atoms with Gasteiger partial charge < -0.3 is 15.1 Å². The highest BCUT2D eigenvalue weighted by Gasteiger charge is 2.27. The maximum atomic E-state index is 13.3. The number of nitrogens with one attached hydrogen (secondary N) is 1. The van der Waals surface area contributed by atoms with Crippen LogP contribution < -0.4 is 5.32 Å². The summed E-state index contributed by atoms with van der Waals surface area (Å²) in [6.07, 6.45) is 0.794. The lowest BCUT2D eigenvalue weighted by Gasteiger charge is -2.31. The third-order valence-electron chi connectivity index (χ3n) is 5.91. The molecule has 0 aliphatic carbocycles. The van der Waals surface area contributed by atoms with E-state index in [2.05, 4.69) is 10.3 Å². The predicted molar refractivity (Wildman–Crippen MR) is 132 cm³/mol. The second-order valence-electron chi connectivity index (χ2n) is 8.24. The summed E-state index contributed by atoms with van der Waals surface area (Å²) in [6.45, 7) is 3.19. The molecule has 4 rings (SSSR count). The van der Waals surface area contributed by atoms with Gasteiger partial charge in [-0.2, -0.15) is 0 Å². The molecule has 0 radical (unpaired) electrons. The topological polar surface area (TPSA) is 82.6 Å². The van der Waals surface area contributed by atoms with Gasteiger partial charge in [0.1, 0.15) is 10.7 Å². The Kier molecular flexibility index (Phi) is 7.69. The number of carbonyl (C=O) groups is 3. The van der Waals surface area contributed by atoms with Crippen LogP contribution in [0, 0.1) is 0 Å². The molecule has 3 amide bonds. The lowest BCUT2D eigenvalue weighted by Crippen LogP contribution is -2.39. The third-order valence-corrected chi connectivity index (χ3v) is 6.80. The normalized spacial score (nSPS) is 17.6. The molecular formula is C26H28N4O3S. The Morgan fingerprint density at radius 2 is 1.71 bits per heavy atom. The Morgan fingerprint density at radius 1 is 1.00 bits per heavy atom. The SMILES string of the molecule is CC(=O)N1CCCN(C(=O)c2csc(-c3ccccc3)n2)CCNC(=O)CC1c1ccccc1. The molecule has 34 heavy (non-hydrogen) atoms. The average molecular weight is 477 g/mol. The maximum absolute atomic E-state index is 13.3. The van der Waals surface area contributed by atoms with Gasteiger partial charge in [-0.15, -0.1) is 11.3 Å². The molecule has 1 aliphatic heterocycles. The van der Waals surface area contributed by atoms with Crippen molar-refractivity contribution in [1.29, 1.82) is 0 Å². The smallest absolute Gasteiger partial charge is 0.273 e. The molecule has 176 valence electrons. The standard InChI is InChI=1S/C26H28N4O3S/c1-19(31)30-15-8-14-29(16-13-27-24(32)17-23(30)20-9-4-2-5-10-20)26(33)22-18-34-25(28-22)21-11-6-3-7-12-21/h2-7,9-12,18,23H,8,13-17H2,1H3,(H,27,32). The Labute approximate surface area is 203 Å². The zero-order chi connectivity index (χ0) is 23.9. The van der Waals surface area contributed by atoms with Crippen LogP contribution in [0.2, 0.25) is 0 Å². The van der Waals surface area contributed by atoms with Gasteiger partial charge in [0.05, 0.1) is 12.5 Å². The van der Waals surface area contributed by atoms with E-state index in [9.17, 15) is 14.4 Å². The summed E-state index contributed by atoms with van der Waals surface area (Å²) in [4.78, 5) is 46.5. The first kappa shape index (κ1) is 23.6. The first-order chi connectivity index (χ1) is 16.5. The van der Waals surface area contributed by atoms with Crippen molar-refractivity contribution in [3.8, 4) is 10.6 Å². The van der Waals surface area contributed by atoms with E-state index in [1.54, 1.807) is 15.2 Å². The molecule has 0 saturated carbocycles. The molecule has 3 aromatic rings. The van der Waals surface area contributed by atoms with Gasteiger partial charge in [-0.05, 0) is 12.0 Å². The number of hydrogen-bond donors (Lipinski definition) is 1. The summed E-state index contributed by atoms with van der Waals surface area (Å²) in [5.41, 5.74) is 2.30. The Balaban J connectivity index is 1.51. The van der Waals surface area contributed by atoms with Crippen LogP contribution in [-0.2, 0) is 9.59 Å². The van der Waals surface area contributed by atoms with E-state index in [1.807, 2.05) is 60.7 Å². The van der Waals surface area contributed by atoms with E-state index in [0.717, 1.165) is 16.1 Å². The van der Waals surface area contributed by atoms with Crippen LogP contribution in [0.15, 0.2) is 66.0 Å². The quantitative estimate of drug-likeness (QED) is 0.624. The molecule has 1 aromatic heterocycles. The molecule has 0 spiro atoms. The van der Waals surface area contributed by atoms with Crippen molar-refractivity contribution < 1.29 is 14.4 Å². The van der Waals surface area contributed by atoms with Gasteiger partial charge in [-0.25, -0.2) is 4.98 Å². The Morgan fingerprint density at radius 3 is 2.41 bits per heavy atom. The second-order valence-corrected chi connectivity index (χ2v) is 9.10. The van der Waals surface area contributed by atoms with Crippen molar-refractivity contribution in [3.05, 3.63) is 77.3 Å². The fraction of sp³-hybridized carbons (Fsp3) is 0.308. The lowest BCUT2D eigenvalue weighted by atomic mass is 10.0. The van der Waals surface area contributed by atoms with Crippen LogP contribution in [-0.4, -0.2) is 58.7 Å². The highest BCUT2D eigenvalue weighted by Crippen LogP contribution is 2.26. The number of hydrogen-bond acceptors (Lipinski definition) is 5. The zero-order valence-corrected chi connectivity index (χ0v) is 20.0. The molecule has 1 N–H and O–H groups in total. The Bertz CT molecular complexity index is 1130. The Hall–Kier alpha value is -3.52. The zero-order valence-electron chi connectivity index (χ0n) is 19.1. The van der Waals surface area contributed by atoms with Gasteiger partial charge in [0.2, 0.25) is 11.8 Å². The number of amides is 3. The van der Waals surface area contributed by atoms with Crippen molar-refractivity contribution in [2.24, 2.45) is 0 Å². The summed E-state index contributed by atoms with van der Waals surface area (Å²) < 4.78 is 0.